The Kier molecular flexibility index (Phi) is 7.83. The Bertz CT molecular complexity index is 1550. The second-order valence-electron chi connectivity index (χ2n) is 8.60. The molecule has 0 radical (unpaired) electrons. The van der Waals surface area contributed by atoms with Gasteiger partial charge in [0.05, 0.1) is 12.6 Å². The highest BCUT2D eigenvalue weighted by molar-refractivity contribution is 6.30. The van der Waals surface area contributed by atoms with Crippen molar-refractivity contribution in [2.24, 2.45) is 0 Å². The Morgan fingerprint density at radius 1 is 1.14 bits per heavy atom. The van der Waals surface area contributed by atoms with Crippen LogP contribution in [0.3, 0.4) is 0 Å². The number of halogens is 2. The van der Waals surface area contributed by atoms with Crippen LogP contribution in [0, 0.1) is 5.82 Å². The number of aromatic nitrogens is 3. The first-order valence-corrected chi connectivity index (χ1v) is 11.9. The van der Waals surface area contributed by atoms with E-state index in [1.165, 1.54) is 41.2 Å². The molecular formula is C27H24ClFN4O4. The number of pyridine rings is 1. The highest BCUT2D eigenvalue weighted by atomic mass is 35.5. The first-order valence-electron chi connectivity index (χ1n) is 11.5. The number of hydrogen-bond donors (Lipinski definition) is 2. The number of ether oxygens (including phenoxy) is 1. The van der Waals surface area contributed by atoms with Gasteiger partial charge in [0, 0.05) is 52.8 Å². The monoisotopic (exact) mass is 522 g/mol. The first-order chi connectivity index (χ1) is 17.7. The van der Waals surface area contributed by atoms with E-state index in [0.29, 0.717) is 10.7 Å². The Morgan fingerprint density at radius 3 is 2.57 bits per heavy atom. The number of H-pyrrole nitrogens is 1. The molecule has 0 aliphatic carbocycles. The standard InChI is InChI=1S/C27H24ClFN4O4/c1-16(2)37-24-8-7-21(13-22(24)29)32-27-31-14-19(11-23(34)18-9-10-30-25(35)12-18)26(36)33(27)15-17-3-5-20(28)6-4-17/h3-10,12-14,16H,11,15H2,1-2H3,(H,30,35)(H,31,32). The quantitative estimate of drug-likeness (QED) is 0.308. The highest BCUT2D eigenvalue weighted by Crippen LogP contribution is 2.24. The van der Waals surface area contributed by atoms with Gasteiger partial charge in [0.25, 0.3) is 5.56 Å². The van der Waals surface area contributed by atoms with E-state index in [0.717, 1.165) is 5.56 Å². The lowest BCUT2D eigenvalue weighted by atomic mass is 10.1. The molecule has 10 heteroatoms. The van der Waals surface area contributed by atoms with E-state index < -0.39 is 22.7 Å². The summed E-state index contributed by atoms with van der Waals surface area (Å²) in [6.45, 7) is 3.72. The SMILES string of the molecule is CC(C)Oc1ccc(Nc2ncc(CC(=O)c3cc[nH]c(=O)c3)c(=O)n2Cc2ccc(Cl)cc2)cc1F. The topological polar surface area (TPSA) is 106 Å². The van der Waals surface area contributed by atoms with Crippen LogP contribution in [0.15, 0.2) is 76.6 Å². The molecule has 0 unspecified atom stereocenters. The fraction of sp³-hybridized carbons (Fsp3) is 0.185. The molecule has 8 nitrogen and oxygen atoms in total. The van der Waals surface area contributed by atoms with Crippen molar-refractivity contribution >= 4 is 29.0 Å². The second kappa shape index (κ2) is 11.2. The van der Waals surface area contributed by atoms with Gasteiger partial charge < -0.3 is 15.0 Å². The maximum atomic E-state index is 14.5. The number of Topliss-reactive ketones (excluding diaryl/α,β-unsaturated/α-hetero) is 1. The molecular weight excluding hydrogens is 499 g/mol. The van der Waals surface area contributed by atoms with Crippen molar-refractivity contribution in [1.29, 1.82) is 0 Å². The van der Waals surface area contributed by atoms with Gasteiger partial charge >= 0.3 is 0 Å². The van der Waals surface area contributed by atoms with Crippen molar-refractivity contribution in [3.05, 3.63) is 115 Å². The van der Waals surface area contributed by atoms with Crippen LogP contribution in [0.1, 0.15) is 35.3 Å². The summed E-state index contributed by atoms with van der Waals surface area (Å²) in [6, 6.07) is 13.9. The minimum absolute atomic E-state index is 0.112. The maximum absolute atomic E-state index is 14.5. The third kappa shape index (κ3) is 6.50. The van der Waals surface area contributed by atoms with E-state index in [1.807, 2.05) is 0 Å². The van der Waals surface area contributed by atoms with Gasteiger partial charge in [-0.15, -0.1) is 0 Å². The van der Waals surface area contributed by atoms with Gasteiger partial charge in [0.1, 0.15) is 0 Å². The molecule has 0 spiro atoms. The van der Waals surface area contributed by atoms with E-state index in [-0.39, 0.29) is 41.9 Å². The Labute approximate surface area is 216 Å². The summed E-state index contributed by atoms with van der Waals surface area (Å²) in [7, 11) is 0. The third-order valence-electron chi connectivity index (χ3n) is 5.37. The van der Waals surface area contributed by atoms with Gasteiger partial charge in [-0.3, -0.25) is 19.0 Å². The zero-order chi connectivity index (χ0) is 26.5. The maximum Gasteiger partial charge on any atom is 0.258 e. The van der Waals surface area contributed by atoms with Crippen molar-refractivity contribution < 1.29 is 13.9 Å². The van der Waals surface area contributed by atoms with Gasteiger partial charge in [-0.05, 0) is 49.7 Å². The molecule has 0 bridgehead atoms. The third-order valence-corrected chi connectivity index (χ3v) is 5.62. The molecule has 0 aliphatic heterocycles. The Morgan fingerprint density at radius 2 is 1.89 bits per heavy atom. The van der Waals surface area contributed by atoms with E-state index in [4.69, 9.17) is 16.3 Å². The van der Waals surface area contributed by atoms with Gasteiger partial charge in [0.15, 0.2) is 17.3 Å². The van der Waals surface area contributed by atoms with E-state index in [1.54, 1.807) is 44.2 Å². The Balaban J connectivity index is 1.69. The van der Waals surface area contributed by atoms with Gasteiger partial charge in [-0.2, -0.15) is 0 Å². The molecule has 4 rings (SSSR count). The van der Waals surface area contributed by atoms with Crippen LogP contribution in [0.2, 0.25) is 5.02 Å². The molecule has 0 saturated heterocycles. The summed E-state index contributed by atoms with van der Waals surface area (Å²) in [6.07, 6.45) is 2.24. The van der Waals surface area contributed by atoms with Gasteiger partial charge in [0.2, 0.25) is 11.5 Å². The van der Waals surface area contributed by atoms with E-state index in [9.17, 15) is 18.8 Å². The smallest absolute Gasteiger partial charge is 0.258 e. The normalized spacial score (nSPS) is 10.9. The van der Waals surface area contributed by atoms with Crippen molar-refractivity contribution in [3.63, 3.8) is 0 Å². The van der Waals surface area contributed by atoms with Crippen LogP contribution in [0.5, 0.6) is 5.75 Å². The number of nitrogens with one attached hydrogen (secondary N) is 2. The zero-order valence-electron chi connectivity index (χ0n) is 20.1. The van der Waals surface area contributed by atoms with Crippen molar-refractivity contribution in [2.45, 2.75) is 32.9 Å². The second-order valence-corrected chi connectivity index (χ2v) is 9.04. The predicted molar refractivity (Wildman–Crippen MR) is 140 cm³/mol. The number of anilines is 2. The molecule has 0 atom stereocenters. The summed E-state index contributed by atoms with van der Waals surface area (Å²) >= 11 is 5.99. The fourth-order valence-electron chi connectivity index (χ4n) is 3.62. The number of carbonyl (C=O) groups excluding carboxylic acids is 1. The highest BCUT2D eigenvalue weighted by Gasteiger charge is 2.16. The number of aromatic amines is 1. The molecule has 37 heavy (non-hydrogen) atoms. The molecule has 4 aromatic rings. The van der Waals surface area contributed by atoms with Crippen molar-refractivity contribution in [3.8, 4) is 5.75 Å². The number of hydrogen-bond acceptors (Lipinski definition) is 6. The lowest BCUT2D eigenvalue weighted by molar-refractivity contribution is 0.0992. The number of rotatable bonds is 9. The molecule has 2 heterocycles. The first kappa shape index (κ1) is 25.8. The van der Waals surface area contributed by atoms with E-state index in [2.05, 4.69) is 15.3 Å². The molecule has 2 N–H and O–H groups in total. The number of ketones is 1. The fourth-order valence-corrected chi connectivity index (χ4v) is 3.75. The molecule has 0 amide bonds. The molecule has 0 saturated carbocycles. The molecule has 2 aromatic carbocycles. The predicted octanol–water partition coefficient (Wildman–Crippen LogP) is 4.73. The van der Waals surface area contributed by atoms with Crippen molar-refractivity contribution in [2.75, 3.05) is 5.32 Å². The number of benzene rings is 2. The number of nitrogens with zero attached hydrogens (tertiary/aromatic N) is 2. The van der Waals surface area contributed by atoms with Crippen LogP contribution < -0.4 is 21.2 Å². The molecule has 0 aliphatic rings. The van der Waals surface area contributed by atoms with Crippen LogP contribution in [-0.4, -0.2) is 26.4 Å². The summed E-state index contributed by atoms with van der Waals surface area (Å²) in [5.74, 6) is -0.693. The summed E-state index contributed by atoms with van der Waals surface area (Å²) < 4.78 is 21.3. The lowest BCUT2D eigenvalue weighted by Crippen LogP contribution is -2.29. The summed E-state index contributed by atoms with van der Waals surface area (Å²) in [5.41, 5.74) is 0.594. The lowest BCUT2D eigenvalue weighted by Gasteiger charge is -2.16. The summed E-state index contributed by atoms with van der Waals surface area (Å²) in [4.78, 5) is 44.6. The van der Waals surface area contributed by atoms with Crippen LogP contribution in [0.25, 0.3) is 0 Å². The zero-order valence-corrected chi connectivity index (χ0v) is 20.9. The van der Waals surface area contributed by atoms with Crippen molar-refractivity contribution in [1.82, 2.24) is 14.5 Å². The Hall–Kier alpha value is -4.24. The number of carbonyl (C=O) groups is 1. The van der Waals surface area contributed by atoms with E-state index >= 15 is 0 Å². The molecule has 190 valence electrons. The average molecular weight is 523 g/mol. The molecule has 2 aromatic heterocycles. The summed E-state index contributed by atoms with van der Waals surface area (Å²) in [5, 5.41) is 3.53. The van der Waals surface area contributed by atoms with Gasteiger partial charge in [-0.1, -0.05) is 23.7 Å². The minimum atomic E-state index is -0.564. The van der Waals surface area contributed by atoms with Crippen LogP contribution >= 0.6 is 11.6 Å². The average Bonchev–Trinajstić information content (AvgIpc) is 2.85. The van der Waals surface area contributed by atoms with Crippen LogP contribution in [-0.2, 0) is 13.0 Å². The minimum Gasteiger partial charge on any atom is -0.488 e. The van der Waals surface area contributed by atoms with Gasteiger partial charge in [-0.25, -0.2) is 9.37 Å². The largest absolute Gasteiger partial charge is 0.488 e. The molecule has 0 fully saturated rings. The van der Waals surface area contributed by atoms with Crippen LogP contribution in [0.4, 0.5) is 16.0 Å².